The van der Waals surface area contributed by atoms with Gasteiger partial charge in [-0.3, -0.25) is 10.1 Å². The van der Waals surface area contributed by atoms with Crippen molar-refractivity contribution in [1.82, 2.24) is 5.32 Å². The van der Waals surface area contributed by atoms with E-state index in [-0.39, 0.29) is 5.97 Å². The number of rotatable bonds is 5. The van der Waals surface area contributed by atoms with Crippen LogP contribution in [0, 0.1) is 0 Å². The Morgan fingerprint density at radius 3 is 2.36 bits per heavy atom. The van der Waals surface area contributed by atoms with Gasteiger partial charge in [-0.25, -0.2) is 0 Å². The van der Waals surface area contributed by atoms with Gasteiger partial charge in [0.25, 0.3) is 0 Å². The largest absolute Gasteiger partial charge is 0.468 e. The average Bonchev–Trinajstić information content (AvgIpc) is 2.68. The van der Waals surface area contributed by atoms with Crippen molar-refractivity contribution in [1.29, 1.82) is 0 Å². The number of hydrogen-bond donors (Lipinski definition) is 1. The number of nitrogens with zero attached hydrogens (tertiary/aromatic N) is 1. The fourth-order valence-corrected chi connectivity index (χ4v) is 3.57. The first kappa shape index (κ1) is 18.0. The van der Waals surface area contributed by atoms with Crippen LogP contribution in [0.4, 0.5) is 5.69 Å². The highest BCUT2D eigenvalue weighted by Crippen LogP contribution is 2.28. The highest BCUT2D eigenvalue weighted by molar-refractivity contribution is 9.10. The van der Waals surface area contributed by atoms with E-state index in [0.29, 0.717) is 6.54 Å². The Balaban J connectivity index is 1.68. The molecule has 4 nitrogen and oxygen atoms in total. The number of halogens is 1. The van der Waals surface area contributed by atoms with Gasteiger partial charge in [0, 0.05) is 29.8 Å². The maximum atomic E-state index is 12.5. The predicted molar refractivity (Wildman–Crippen MR) is 104 cm³/mol. The van der Waals surface area contributed by atoms with E-state index < -0.39 is 5.54 Å². The van der Waals surface area contributed by atoms with E-state index in [9.17, 15) is 4.79 Å². The van der Waals surface area contributed by atoms with Gasteiger partial charge in [0.1, 0.15) is 5.54 Å². The summed E-state index contributed by atoms with van der Waals surface area (Å²) in [6.45, 7) is 2.30. The minimum atomic E-state index is -0.618. The minimum Gasteiger partial charge on any atom is -0.468 e. The number of esters is 1. The van der Waals surface area contributed by atoms with E-state index in [2.05, 4.69) is 50.4 Å². The number of benzene rings is 2. The summed E-state index contributed by atoms with van der Waals surface area (Å²) < 4.78 is 6.17. The number of para-hydroxylation sites is 1. The number of methoxy groups -OCH3 is 1. The summed E-state index contributed by atoms with van der Waals surface area (Å²) in [5, 5.41) is 3.48. The summed E-state index contributed by atoms with van der Waals surface area (Å²) in [6.07, 6.45) is 1.45. The maximum Gasteiger partial charge on any atom is 0.326 e. The zero-order chi connectivity index (χ0) is 17.7. The van der Waals surface area contributed by atoms with E-state index in [1.54, 1.807) is 0 Å². The first-order chi connectivity index (χ1) is 12.1. The molecule has 0 aromatic heterocycles. The number of carbonyl (C=O) groups excluding carboxylic acids is 1. The Kier molecular flexibility index (Phi) is 5.76. The molecule has 0 atom stereocenters. The molecule has 0 aliphatic carbocycles. The highest BCUT2D eigenvalue weighted by atomic mass is 79.9. The quantitative estimate of drug-likeness (QED) is 0.773. The summed E-state index contributed by atoms with van der Waals surface area (Å²) in [6, 6.07) is 18.5. The van der Waals surface area contributed by atoms with Crippen LogP contribution in [0.25, 0.3) is 0 Å². The second kappa shape index (κ2) is 8.02. The Morgan fingerprint density at radius 2 is 1.76 bits per heavy atom. The van der Waals surface area contributed by atoms with Crippen LogP contribution in [0.15, 0.2) is 59.1 Å². The fraction of sp³-hybridized carbons (Fsp3) is 0.350. The summed E-state index contributed by atoms with van der Waals surface area (Å²) in [5.41, 5.74) is 1.73. The van der Waals surface area contributed by atoms with Crippen LogP contribution in [0.5, 0.6) is 0 Å². The third-order valence-corrected chi connectivity index (χ3v) is 5.39. The molecule has 1 aliphatic rings. The number of anilines is 1. The van der Waals surface area contributed by atoms with E-state index in [1.807, 2.05) is 30.3 Å². The van der Waals surface area contributed by atoms with E-state index >= 15 is 0 Å². The molecule has 2 aromatic rings. The standard InChI is InChI=1S/C20H23BrN2O2/c1-25-19(24)20(22-15-16-7-9-17(21)10-8-16)11-13-23(14-12-20)18-5-3-2-4-6-18/h2-10,22H,11-15H2,1H3. The van der Waals surface area contributed by atoms with Crippen molar-refractivity contribution in [2.45, 2.75) is 24.9 Å². The van der Waals surface area contributed by atoms with E-state index in [0.717, 1.165) is 36.0 Å². The summed E-state index contributed by atoms with van der Waals surface area (Å²) in [5.74, 6) is -0.169. The molecule has 1 heterocycles. The molecule has 0 amide bonds. The van der Waals surface area contributed by atoms with Crippen LogP contribution >= 0.6 is 15.9 Å². The lowest BCUT2D eigenvalue weighted by molar-refractivity contribution is -0.149. The molecule has 0 saturated carbocycles. The predicted octanol–water partition coefficient (Wildman–Crippen LogP) is 3.75. The van der Waals surface area contributed by atoms with E-state index in [1.165, 1.54) is 12.8 Å². The zero-order valence-electron chi connectivity index (χ0n) is 14.4. The molecule has 0 unspecified atom stereocenters. The van der Waals surface area contributed by atoms with Crippen LogP contribution in [0.2, 0.25) is 0 Å². The van der Waals surface area contributed by atoms with Gasteiger partial charge in [0.15, 0.2) is 0 Å². The third kappa shape index (κ3) is 4.22. The van der Waals surface area contributed by atoms with Gasteiger partial charge in [0.05, 0.1) is 7.11 Å². The van der Waals surface area contributed by atoms with Crippen molar-refractivity contribution in [3.05, 3.63) is 64.6 Å². The molecule has 1 saturated heterocycles. The topological polar surface area (TPSA) is 41.6 Å². The van der Waals surface area contributed by atoms with Gasteiger partial charge in [-0.2, -0.15) is 0 Å². The molecule has 0 bridgehead atoms. The van der Waals surface area contributed by atoms with Gasteiger partial charge < -0.3 is 9.64 Å². The second-order valence-corrected chi connectivity index (χ2v) is 7.29. The SMILES string of the molecule is COC(=O)C1(NCc2ccc(Br)cc2)CCN(c2ccccc2)CC1. The van der Waals surface area contributed by atoms with Crippen molar-refractivity contribution in [3.63, 3.8) is 0 Å². The average molecular weight is 403 g/mol. The first-order valence-electron chi connectivity index (χ1n) is 8.51. The number of piperidine rings is 1. The monoisotopic (exact) mass is 402 g/mol. The zero-order valence-corrected chi connectivity index (χ0v) is 16.0. The van der Waals surface area contributed by atoms with Crippen LogP contribution in [0.1, 0.15) is 18.4 Å². The second-order valence-electron chi connectivity index (χ2n) is 6.38. The molecule has 2 aromatic carbocycles. The molecule has 132 valence electrons. The first-order valence-corrected chi connectivity index (χ1v) is 9.30. The van der Waals surface area contributed by atoms with Crippen LogP contribution in [-0.4, -0.2) is 31.7 Å². The Hall–Kier alpha value is -1.85. The summed E-state index contributed by atoms with van der Waals surface area (Å²) >= 11 is 3.45. The fourth-order valence-electron chi connectivity index (χ4n) is 3.31. The van der Waals surface area contributed by atoms with Crippen molar-refractivity contribution < 1.29 is 9.53 Å². The molecule has 25 heavy (non-hydrogen) atoms. The molecule has 3 rings (SSSR count). The number of hydrogen-bond acceptors (Lipinski definition) is 4. The lowest BCUT2D eigenvalue weighted by atomic mass is 9.86. The Labute approximate surface area is 157 Å². The van der Waals surface area contributed by atoms with Gasteiger partial charge in [-0.1, -0.05) is 46.3 Å². The highest BCUT2D eigenvalue weighted by Gasteiger charge is 2.42. The smallest absolute Gasteiger partial charge is 0.326 e. The number of nitrogens with one attached hydrogen (secondary N) is 1. The normalized spacial score (nSPS) is 16.5. The van der Waals surface area contributed by atoms with Gasteiger partial charge >= 0.3 is 5.97 Å². The van der Waals surface area contributed by atoms with Crippen LogP contribution in [-0.2, 0) is 16.1 Å². The van der Waals surface area contributed by atoms with E-state index in [4.69, 9.17) is 4.74 Å². The third-order valence-electron chi connectivity index (χ3n) is 4.86. The lowest BCUT2D eigenvalue weighted by Gasteiger charge is -2.41. The van der Waals surface area contributed by atoms with Crippen molar-refractivity contribution in [2.24, 2.45) is 0 Å². The molecule has 0 spiro atoms. The molecule has 1 aliphatic heterocycles. The van der Waals surface area contributed by atoms with Gasteiger partial charge in [-0.15, -0.1) is 0 Å². The Morgan fingerprint density at radius 1 is 1.12 bits per heavy atom. The van der Waals surface area contributed by atoms with Crippen molar-refractivity contribution in [2.75, 3.05) is 25.1 Å². The van der Waals surface area contributed by atoms with Crippen LogP contribution < -0.4 is 10.2 Å². The molecular weight excluding hydrogens is 380 g/mol. The molecule has 5 heteroatoms. The van der Waals surface area contributed by atoms with Gasteiger partial charge in [-0.05, 0) is 42.7 Å². The molecule has 1 fully saturated rings. The van der Waals surface area contributed by atoms with Crippen molar-refractivity contribution >= 4 is 27.6 Å². The van der Waals surface area contributed by atoms with Crippen molar-refractivity contribution in [3.8, 4) is 0 Å². The molecular formula is C20H23BrN2O2. The number of ether oxygens (including phenoxy) is 1. The summed E-state index contributed by atoms with van der Waals surface area (Å²) in [7, 11) is 1.47. The molecule has 1 N–H and O–H groups in total. The lowest BCUT2D eigenvalue weighted by Crippen LogP contribution is -2.58. The Bertz CT molecular complexity index is 695. The maximum absolute atomic E-state index is 12.5. The minimum absolute atomic E-state index is 0.169. The molecule has 0 radical (unpaired) electrons. The number of carbonyl (C=O) groups is 1. The van der Waals surface area contributed by atoms with Gasteiger partial charge in [0.2, 0.25) is 0 Å². The summed E-state index contributed by atoms with van der Waals surface area (Å²) in [4.78, 5) is 14.8. The van der Waals surface area contributed by atoms with Crippen LogP contribution in [0.3, 0.4) is 0 Å².